The molecule has 0 aliphatic carbocycles. The average Bonchev–Trinajstić information content (AvgIpc) is 3.12. The van der Waals surface area contributed by atoms with Crippen LogP contribution in [0.4, 0.5) is 0 Å². The van der Waals surface area contributed by atoms with E-state index in [0.717, 1.165) is 32.3 Å². The molecule has 0 aromatic heterocycles. The number of hydrogen-bond acceptors (Lipinski definition) is 10. The first-order chi connectivity index (χ1) is 24.3. The molecule has 0 saturated carbocycles. The number of carbonyl (C=O) groups excluding carboxylic acids is 4. The van der Waals surface area contributed by atoms with Crippen molar-refractivity contribution in [2.24, 2.45) is 0 Å². The summed E-state index contributed by atoms with van der Waals surface area (Å²) in [6, 6.07) is 14.6. The van der Waals surface area contributed by atoms with Gasteiger partial charge in [-0.15, -0.1) is 0 Å². The van der Waals surface area contributed by atoms with E-state index in [1.54, 1.807) is 24.3 Å². The highest BCUT2D eigenvalue weighted by Gasteiger charge is 2.36. The molecule has 12 nitrogen and oxygen atoms in total. The van der Waals surface area contributed by atoms with Gasteiger partial charge in [-0.25, -0.2) is 0 Å². The lowest BCUT2D eigenvalue weighted by Crippen LogP contribution is -2.42. The van der Waals surface area contributed by atoms with E-state index >= 15 is 0 Å². The first kappa shape index (κ1) is 33.9. The number of imide groups is 2. The second-order valence-electron chi connectivity index (χ2n) is 13.0. The highest BCUT2D eigenvalue weighted by Crippen LogP contribution is 2.46. The third-order valence-electron chi connectivity index (χ3n) is 10.2. The van der Waals surface area contributed by atoms with Gasteiger partial charge in [0.15, 0.2) is 0 Å². The molecule has 0 unspecified atom stereocenters. The van der Waals surface area contributed by atoms with Gasteiger partial charge in [0.05, 0.1) is 26.4 Å². The van der Waals surface area contributed by atoms with Crippen molar-refractivity contribution in [3.63, 3.8) is 0 Å². The van der Waals surface area contributed by atoms with Gasteiger partial charge in [0, 0.05) is 85.4 Å². The number of nitrogens with zero attached hydrogens (tertiary/aromatic N) is 4. The molecule has 0 saturated heterocycles. The van der Waals surface area contributed by atoms with Crippen LogP contribution in [0, 0.1) is 0 Å². The van der Waals surface area contributed by atoms with Crippen LogP contribution in [0.5, 0.6) is 0 Å². The smallest absolute Gasteiger partial charge is 0.261 e. The summed E-state index contributed by atoms with van der Waals surface area (Å²) in [5.74, 6) is -1.48. The van der Waals surface area contributed by atoms with Crippen LogP contribution in [-0.4, -0.2) is 142 Å². The molecule has 4 amide bonds. The Kier molecular flexibility index (Phi) is 9.49. The number of aliphatic hydroxyl groups excluding tert-OH is 4. The van der Waals surface area contributed by atoms with Crippen LogP contribution in [0.2, 0.25) is 0 Å². The molecule has 0 atom stereocenters. The average molecular weight is 681 g/mol. The number of benzene rings is 5. The Labute approximate surface area is 288 Å². The van der Waals surface area contributed by atoms with Gasteiger partial charge in [0.25, 0.3) is 23.6 Å². The van der Waals surface area contributed by atoms with E-state index in [1.807, 2.05) is 34.1 Å². The Morgan fingerprint density at radius 3 is 0.940 bits per heavy atom. The lowest BCUT2D eigenvalue weighted by Gasteiger charge is -2.30. The lowest BCUT2D eigenvalue weighted by molar-refractivity contribution is 0.0585. The van der Waals surface area contributed by atoms with E-state index in [9.17, 15) is 39.6 Å². The first-order valence-electron chi connectivity index (χ1n) is 17.1. The number of fused-ring (bicyclic) bond motifs is 2. The molecule has 7 rings (SSSR count). The molecular weight excluding hydrogens is 640 g/mol. The minimum absolute atomic E-state index is 0.0510. The van der Waals surface area contributed by atoms with E-state index < -0.39 is 0 Å². The van der Waals surface area contributed by atoms with Gasteiger partial charge in [-0.05, 0) is 69.4 Å². The van der Waals surface area contributed by atoms with Crippen molar-refractivity contribution < 1.29 is 39.6 Å². The summed E-state index contributed by atoms with van der Waals surface area (Å²) in [4.78, 5) is 61.6. The van der Waals surface area contributed by atoms with Crippen LogP contribution < -0.4 is 0 Å². The summed E-state index contributed by atoms with van der Waals surface area (Å²) in [5.41, 5.74) is 1.76. The van der Waals surface area contributed by atoms with E-state index in [2.05, 4.69) is 0 Å². The van der Waals surface area contributed by atoms with E-state index in [4.69, 9.17) is 0 Å². The number of aliphatic hydroxyl groups is 4. The summed E-state index contributed by atoms with van der Waals surface area (Å²) in [7, 11) is 0. The number of amides is 4. The van der Waals surface area contributed by atoms with Gasteiger partial charge < -0.3 is 20.4 Å². The summed E-state index contributed by atoms with van der Waals surface area (Å²) in [5, 5.41) is 43.4. The van der Waals surface area contributed by atoms with Gasteiger partial charge in [-0.1, -0.05) is 24.3 Å². The van der Waals surface area contributed by atoms with Crippen molar-refractivity contribution in [3.05, 3.63) is 70.8 Å². The fraction of sp³-hybridized carbons (Fsp3) is 0.368. The van der Waals surface area contributed by atoms with Crippen LogP contribution in [-0.2, 0) is 0 Å². The number of carbonyl (C=O) groups is 4. The molecule has 12 heteroatoms. The Hall–Kier alpha value is -4.56. The number of rotatable bonds is 16. The van der Waals surface area contributed by atoms with Crippen LogP contribution in [0.3, 0.4) is 0 Å². The largest absolute Gasteiger partial charge is 0.395 e. The molecule has 0 radical (unpaired) electrons. The molecule has 5 aromatic carbocycles. The Morgan fingerprint density at radius 1 is 0.400 bits per heavy atom. The summed E-state index contributed by atoms with van der Waals surface area (Å²) < 4.78 is 0. The molecule has 5 aromatic rings. The van der Waals surface area contributed by atoms with Gasteiger partial charge in [0.2, 0.25) is 0 Å². The van der Waals surface area contributed by atoms with E-state index in [0.29, 0.717) is 85.1 Å². The SMILES string of the molecule is O=C1c2ccc3c4ccc5c6c(ccc(c7ccc(c2c37)C(=O)N1CCCN(CCO)CCO)c64)C(=O)N(CCCN(CCO)CCO)C5=O. The monoisotopic (exact) mass is 680 g/mol. The van der Waals surface area contributed by atoms with Gasteiger partial charge in [-0.3, -0.25) is 38.8 Å². The summed E-state index contributed by atoms with van der Waals surface area (Å²) in [6.45, 7) is 2.80. The van der Waals surface area contributed by atoms with Crippen LogP contribution in [0.25, 0.3) is 43.1 Å². The van der Waals surface area contributed by atoms with Crippen LogP contribution in [0.15, 0.2) is 48.5 Å². The zero-order chi connectivity index (χ0) is 35.1. The zero-order valence-corrected chi connectivity index (χ0v) is 27.7. The minimum atomic E-state index is -0.370. The van der Waals surface area contributed by atoms with Crippen molar-refractivity contribution in [1.82, 2.24) is 19.6 Å². The van der Waals surface area contributed by atoms with Gasteiger partial charge >= 0.3 is 0 Å². The van der Waals surface area contributed by atoms with Gasteiger partial charge in [-0.2, -0.15) is 0 Å². The molecule has 50 heavy (non-hydrogen) atoms. The molecule has 260 valence electrons. The Bertz CT molecular complexity index is 1870. The van der Waals surface area contributed by atoms with Crippen molar-refractivity contribution in [2.45, 2.75) is 12.8 Å². The van der Waals surface area contributed by atoms with Gasteiger partial charge in [0.1, 0.15) is 0 Å². The quantitative estimate of drug-likeness (QED) is 0.0691. The van der Waals surface area contributed by atoms with Crippen molar-refractivity contribution in [1.29, 1.82) is 0 Å². The van der Waals surface area contributed by atoms with Crippen molar-refractivity contribution in [2.75, 3.05) is 78.8 Å². The molecule has 2 aliphatic rings. The fourth-order valence-corrected chi connectivity index (χ4v) is 7.92. The summed E-state index contributed by atoms with van der Waals surface area (Å²) in [6.07, 6.45) is 0.986. The van der Waals surface area contributed by atoms with Crippen molar-refractivity contribution >= 4 is 66.7 Å². The maximum atomic E-state index is 13.8. The molecule has 0 bridgehead atoms. The van der Waals surface area contributed by atoms with E-state index in [-0.39, 0.29) is 63.1 Å². The van der Waals surface area contributed by atoms with Crippen LogP contribution >= 0.6 is 0 Å². The number of hydrogen-bond donors (Lipinski definition) is 4. The molecular formula is C38H40N4O8. The highest BCUT2D eigenvalue weighted by atomic mass is 16.3. The summed E-state index contributed by atoms with van der Waals surface area (Å²) >= 11 is 0. The topological polar surface area (TPSA) is 162 Å². The second-order valence-corrected chi connectivity index (χ2v) is 13.0. The predicted octanol–water partition coefficient (Wildman–Crippen LogP) is 2.28. The maximum Gasteiger partial charge on any atom is 0.261 e. The third-order valence-corrected chi connectivity index (χ3v) is 10.2. The van der Waals surface area contributed by atoms with Crippen molar-refractivity contribution in [3.8, 4) is 0 Å². The van der Waals surface area contributed by atoms with E-state index in [1.165, 1.54) is 9.80 Å². The zero-order valence-electron chi connectivity index (χ0n) is 27.7. The predicted molar refractivity (Wildman–Crippen MR) is 189 cm³/mol. The molecule has 0 fully saturated rings. The minimum Gasteiger partial charge on any atom is -0.395 e. The third kappa shape index (κ3) is 5.48. The molecule has 4 N–H and O–H groups in total. The fourth-order valence-electron chi connectivity index (χ4n) is 7.92. The maximum absolute atomic E-state index is 13.8. The molecule has 0 spiro atoms. The standard InChI is InChI=1S/C38H40N4O8/c43-19-15-39(16-20-44)11-1-13-41-35(47)27-7-3-23-25-5-9-29-34-30(38(50)42(37(29)49)14-2-12-40(17-21-45)18-22-46)10-6-26(32(25)34)24-4-8-28(36(41)48)33(27)31(23)24/h3-10,43-46H,1-2,11-22H2. The molecule has 2 aliphatic heterocycles. The Morgan fingerprint density at radius 2 is 0.680 bits per heavy atom. The van der Waals surface area contributed by atoms with Crippen LogP contribution in [0.1, 0.15) is 54.3 Å². The lowest BCUT2D eigenvalue weighted by atomic mass is 9.82. The Balaban J connectivity index is 1.25. The second kappa shape index (κ2) is 14.0. The first-order valence-corrected chi connectivity index (χ1v) is 17.1. The normalized spacial score (nSPS) is 14.8. The molecule has 2 heterocycles. The highest BCUT2D eigenvalue weighted by molar-refractivity contribution is 6.41.